The first-order valence-corrected chi connectivity index (χ1v) is 6.88. The zero-order chi connectivity index (χ0) is 13.0. The molecule has 18 heavy (non-hydrogen) atoms. The number of amides is 1. The Hall–Kier alpha value is -0.770. The molecular weight excluding hydrogens is 271 g/mol. The highest BCUT2D eigenvalue weighted by molar-refractivity contribution is 6.42. The van der Waals surface area contributed by atoms with Crippen LogP contribution in [0.25, 0.3) is 0 Å². The summed E-state index contributed by atoms with van der Waals surface area (Å²) in [5.74, 6) is 0.0747. The fraction of sp³-hybridized carbons (Fsp3) is 0.462. The summed E-state index contributed by atoms with van der Waals surface area (Å²) in [7, 11) is 0. The van der Waals surface area contributed by atoms with E-state index in [-0.39, 0.29) is 11.9 Å². The first-order chi connectivity index (χ1) is 8.68. The van der Waals surface area contributed by atoms with Gasteiger partial charge in [-0.1, -0.05) is 35.3 Å². The molecule has 1 atom stereocenters. The molecule has 1 amide bonds. The zero-order valence-corrected chi connectivity index (χ0v) is 11.5. The van der Waals surface area contributed by atoms with Gasteiger partial charge in [0.25, 0.3) is 0 Å². The summed E-state index contributed by atoms with van der Waals surface area (Å²) in [6.07, 6.45) is 2.96. The first kappa shape index (κ1) is 13.7. The second-order valence-corrected chi connectivity index (χ2v) is 5.22. The van der Waals surface area contributed by atoms with Gasteiger partial charge in [-0.15, -0.1) is 0 Å². The Bertz CT molecular complexity index is 437. The van der Waals surface area contributed by atoms with Crippen molar-refractivity contribution in [3.05, 3.63) is 33.8 Å². The average molecular weight is 287 g/mol. The third-order valence-corrected chi connectivity index (χ3v) is 3.96. The topological polar surface area (TPSA) is 41.1 Å². The molecule has 1 aromatic rings. The van der Waals surface area contributed by atoms with Crippen LogP contribution >= 0.6 is 23.2 Å². The van der Waals surface area contributed by atoms with Gasteiger partial charge in [0.1, 0.15) is 0 Å². The van der Waals surface area contributed by atoms with E-state index in [2.05, 4.69) is 10.6 Å². The molecular formula is C13H16Cl2N2O. The highest BCUT2D eigenvalue weighted by atomic mass is 35.5. The van der Waals surface area contributed by atoms with Crippen LogP contribution in [0.1, 0.15) is 24.8 Å². The molecule has 0 aromatic heterocycles. The molecule has 1 aromatic carbocycles. The second kappa shape index (κ2) is 6.41. The van der Waals surface area contributed by atoms with Crippen molar-refractivity contribution in [3.8, 4) is 0 Å². The third kappa shape index (κ3) is 3.37. The number of hydrogen-bond acceptors (Lipinski definition) is 2. The number of carbonyl (C=O) groups is 1. The molecule has 98 valence electrons. The lowest BCUT2D eigenvalue weighted by molar-refractivity contribution is -0.122. The van der Waals surface area contributed by atoms with Crippen LogP contribution in [-0.2, 0) is 11.3 Å². The van der Waals surface area contributed by atoms with E-state index in [1.807, 2.05) is 12.1 Å². The molecule has 0 unspecified atom stereocenters. The molecule has 0 radical (unpaired) electrons. The van der Waals surface area contributed by atoms with Gasteiger partial charge in [-0.05, 0) is 30.9 Å². The Labute approximate surface area is 117 Å². The molecule has 2 N–H and O–H groups in total. The molecule has 1 saturated heterocycles. The molecule has 1 heterocycles. The van der Waals surface area contributed by atoms with Crippen molar-refractivity contribution >= 4 is 29.1 Å². The van der Waals surface area contributed by atoms with E-state index in [1.54, 1.807) is 6.07 Å². The molecule has 2 rings (SSSR count). The number of carbonyl (C=O) groups excluding carboxylic acids is 1. The first-order valence-electron chi connectivity index (χ1n) is 6.12. The van der Waals surface area contributed by atoms with Crippen LogP contribution in [0.4, 0.5) is 0 Å². The molecule has 1 aliphatic heterocycles. The third-order valence-electron chi connectivity index (χ3n) is 3.11. The maximum atomic E-state index is 11.8. The SMILES string of the molecule is O=C1NCCCC[C@H]1NCc1cccc(Cl)c1Cl. The fourth-order valence-electron chi connectivity index (χ4n) is 2.05. The average Bonchev–Trinajstić information content (AvgIpc) is 2.56. The predicted molar refractivity (Wildman–Crippen MR) is 74.0 cm³/mol. The Balaban J connectivity index is 1.98. The highest BCUT2D eigenvalue weighted by Gasteiger charge is 2.20. The van der Waals surface area contributed by atoms with Crippen molar-refractivity contribution in [1.29, 1.82) is 0 Å². The number of halogens is 2. The maximum Gasteiger partial charge on any atom is 0.237 e. The number of benzene rings is 1. The lowest BCUT2D eigenvalue weighted by Gasteiger charge is -2.16. The minimum atomic E-state index is -0.137. The maximum absolute atomic E-state index is 11.8. The largest absolute Gasteiger partial charge is 0.355 e. The van der Waals surface area contributed by atoms with Crippen molar-refractivity contribution in [3.63, 3.8) is 0 Å². The second-order valence-electron chi connectivity index (χ2n) is 4.43. The Morgan fingerprint density at radius 2 is 2.17 bits per heavy atom. The quantitative estimate of drug-likeness (QED) is 0.897. The van der Waals surface area contributed by atoms with E-state index in [9.17, 15) is 4.79 Å². The smallest absolute Gasteiger partial charge is 0.237 e. The number of hydrogen-bond donors (Lipinski definition) is 2. The molecule has 1 fully saturated rings. The highest BCUT2D eigenvalue weighted by Crippen LogP contribution is 2.25. The van der Waals surface area contributed by atoms with Crippen molar-refractivity contribution in [2.75, 3.05) is 6.54 Å². The summed E-state index contributed by atoms with van der Waals surface area (Å²) >= 11 is 12.1. The van der Waals surface area contributed by atoms with Gasteiger partial charge in [0.15, 0.2) is 0 Å². The van der Waals surface area contributed by atoms with Gasteiger partial charge in [-0.2, -0.15) is 0 Å². The van der Waals surface area contributed by atoms with Crippen LogP contribution in [0.5, 0.6) is 0 Å². The lowest BCUT2D eigenvalue weighted by Crippen LogP contribution is -2.42. The standard InChI is InChI=1S/C13H16Cl2N2O/c14-10-5-3-4-9(12(10)15)8-17-11-6-1-2-7-16-13(11)18/h3-5,11,17H,1-2,6-8H2,(H,16,18)/t11-/m1/s1. The summed E-state index contributed by atoms with van der Waals surface area (Å²) in [6.45, 7) is 1.33. The van der Waals surface area contributed by atoms with Crippen molar-refractivity contribution in [1.82, 2.24) is 10.6 Å². The van der Waals surface area contributed by atoms with E-state index in [0.29, 0.717) is 16.6 Å². The molecule has 1 aliphatic rings. The Kier molecular flexibility index (Phi) is 4.87. The summed E-state index contributed by atoms with van der Waals surface area (Å²) in [6, 6.07) is 5.39. The molecule has 0 bridgehead atoms. The minimum absolute atomic E-state index is 0.0747. The van der Waals surface area contributed by atoms with Crippen molar-refractivity contribution < 1.29 is 4.79 Å². The van der Waals surface area contributed by atoms with Gasteiger partial charge in [-0.25, -0.2) is 0 Å². The molecule has 3 nitrogen and oxygen atoms in total. The monoisotopic (exact) mass is 286 g/mol. The van der Waals surface area contributed by atoms with Gasteiger partial charge < -0.3 is 10.6 Å². The van der Waals surface area contributed by atoms with Crippen LogP contribution in [0.3, 0.4) is 0 Å². The molecule has 0 aliphatic carbocycles. The van der Waals surface area contributed by atoms with Crippen LogP contribution in [-0.4, -0.2) is 18.5 Å². The van der Waals surface area contributed by atoms with E-state index >= 15 is 0 Å². The molecule has 0 spiro atoms. The van der Waals surface area contributed by atoms with Gasteiger partial charge >= 0.3 is 0 Å². The summed E-state index contributed by atoms with van der Waals surface area (Å²) in [5.41, 5.74) is 0.918. The van der Waals surface area contributed by atoms with E-state index in [0.717, 1.165) is 31.4 Å². The van der Waals surface area contributed by atoms with Crippen LogP contribution in [0.15, 0.2) is 18.2 Å². The minimum Gasteiger partial charge on any atom is -0.355 e. The van der Waals surface area contributed by atoms with E-state index < -0.39 is 0 Å². The van der Waals surface area contributed by atoms with E-state index in [4.69, 9.17) is 23.2 Å². The zero-order valence-electron chi connectivity index (χ0n) is 10.0. The van der Waals surface area contributed by atoms with Gasteiger partial charge in [0.2, 0.25) is 5.91 Å². The predicted octanol–water partition coefficient (Wildman–Crippen LogP) is 2.75. The summed E-state index contributed by atoms with van der Waals surface area (Å²) in [4.78, 5) is 11.8. The van der Waals surface area contributed by atoms with Crippen molar-refractivity contribution in [2.45, 2.75) is 31.8 Å². The van der Waals surface area contributed by atoms with Crippen LogP contribution < -0.4 is 10.6 Å². The van der Waals surface area contributed by atoms with Crippen LogP contribution in [0, 0.1) is 0 Å². The summed E-state index contributed by atoms with van der Waals surface area (Å²) in [5, 5.41) is 7.24. The van der Waals surface area contributed by atoms with Crippen LogP contribution in [0.2, 0.25) is 10.0 Å². The molecule has 0 saturated carbocycles. The normalized spacial score (nSPS) is 20.3. The van der Waals surface area contributed by atoms with Gasteiger partial charge in [0.05, 0.1) is 16.1 Å². The van der Waals surface area contributed by atoms with Crippen molar-refractivity contribution in [2.24, 2.45) is 0 Å². The molecule has 5 heteroatoms. The van der Waals surface area contributed by atoms with Gasteiger partial charge in [-0.3, -0.25) is 4.79 Å². The fourth-order valence-corrected chi connectivity index (χ4v) is 2.44. The summed E-state index contributed by atoms with van der Waals surface area (Å²) < 4.78 is 0. The number of rotatable bonds is 3. The van der Waals surface area contributed by atoms with Gasteiger partial charge in [0, 0.05) is 13.1 Å². The van der Waals surface area contributed by atoms with E-state index in [1.165, 1.54) is 0 Å². The Morgan fingerprint density at radius 3 is 3.00 bits per heavy atom. The lowest BCUT2D eigenvalue weighted by atomic mass is 10.1. The Morgan fingerprint density at radius 1 is 1.33 bits per heavy atom. The number of nitrogens with one attached hydrogen (secondary N) is 2.